The molecule has 7 nitrogen and oxygen atoms in total. The lowest BCUT2D eigenvalue weighted by atomic mass is 10.1. The number of amides is 2. The molecule has 3 atom stereocenters. The van der Waals surface area contributed by atoms with Crippen LogP contribution in [0, 0.1) is 0 Å². The topological polar surface area (TPSA) is 75.6 Å². The number of carbonyl (C=O) groups is 2. The van der Waals surface area contributed by atoms with Crippen LogP contribution in [-0.2, 0) is 9.53 Å². The molecule has 3 aliphatic heterocycles. The van der Waals surface area contributed by atoms with Gasteiger partial charge in [0.05, 0.1) is 12.1 Å². The van der Waals surface area contributed by atoms with E-state index in [4.69, 9.17) is 4.74 Å². The smallest absolute Gasteiger partial charge is 0.273 e. The Balaban J connectivity index is 1.48. The quantitative estimate of drug-likeness (QED) is 0.807. The molecule has 5 heterocycles. The Labute approximate surface area is 157 Å². The molecule has 2 aromatic rings. The van der Waals surface area contributed by atoms with Gasteiger partial charge in [0.1, 0.15) is 11.7 Å². The van der Waals surface area contributed by atoms with Crippen LogP contribution in [0.4, 0.5) is 0 Å². The van der Waals surface area contributed by atoms with Crippen molar-refractivity contribution >= 4 is 22.8 Å². The second kappa shape index (κ2) is 6.56. The van der Waals surface area contributed by atoms with Gasteiger partial charge in [-0.1, -0.05) is 0 Å². The maximum atomic E-state index is 13.4. The molecule has 0 spiro atoms. The highest BCUT2D eigenvalue weighted by atomic mass is 16.5. The molecule has 0 unspecified atom stereocenters. The highest BCUT2D eigenvalue weighted by Crippen LogP contribution is 2.36. The lowest BCUT2D eigenvalue weighted by Gasteiger charge is -2.30. The maximum Gasteiger partial charge on any atom is 0.273 e. The van der Waals surface area contributed by atoms with Crippen molar-refractivity contribution in [3.05, 3.63) is 36.2 Å². The number of likely N-dealkylation sites (tertiary alicyclic amines) is 2. The predicted molar refractivity (Wildman–Crippen MR) is 98.1 cm³/mol. The minimum atomic E-state index is -0.452. The Bertz CT molecular complexity index is 896. The number of nitrogens with zero attached hydrogens (tertiary/aromatic N) is 4. The normalized spacial score (nSPS) is 27.3. The monoisotopic (exact) mass is 366 g/mol. The van der Waals surface area contributed by atoms with E-state index in [0.717, 1.165) is 37.7 Å². The number of pyridine rings is 2. The first-order valence-electron chi connectivity index (χ1n) is 9.67. The number of aromatic nitrogens is 2. The molecule has 3 saturated heterocycles. The standard InChI is InChI=1S/C20H22N4O3/c25-19(14-6-5-13-4-3-8-21-18(13)22-14)24-15-7-11-27-17(15)12-16(24)20(26)23-9-1-2-10-23/h3-6,8,15-17H,1-2,7,9-12H2/t15-,16-,17-/m0/s1. The van der Waals surface area contributed by atoms with Crippen molar-refractivity contribution in [1.82, 2.24) is 19.8 Å². The van der Waals surface area contributed by atoms with Crippen LogP contribution in [0.5, 0.6) is 0 Å². The summed E-state index contributed by atoms with van der Waals surface area (Å²) in [5.41, 5.74) is 0.886. The Morgan fingerprint density at radius 1 is 1.15 bits per heavy atom. The van der Waals surface area contributed by atoms with Crippen LogP contribution in [0.25, 0.3) is 11.0 Å². The molecule has 7 heteroatoms. The molecule has 0 N–H and O–H groups in total. The van der Waals surface area contributed by atoms with Crippen LogP contribution < -0.4 is 0 Å². The van der Waals surface area contributed by atoms with Crippen molar-refractivity contribution < 1.29 is 14.3 Å². The number of fused-ring (bicyclic) bond motifs is 2. The number of rotatable bonds is 2. The average molecular weight is 366 g/mol. The molecular formula is C20H22N4O3. The summed E-state index contributed by atoms with van der Waals surface area (Å²) in [6, 6.07) is 6.85. The molecule has 27 heavy (non-hydrogen) atoms. The highest BCUT2D eigenvalue weighted by molar-refractivity contribution is 5.98. The van der Waals surface area contributed by atoms with Crippen molar-refractivity contribution in [2.75, 3.05) is 19.7 Å². The predicted octanol–water partition coefficient (Wildman–Crippen LogP) is 1.62. The van der Waals surface area contributed by atoms with Gasteiger partial charge < -0.3 is 14.5 Å². The Kier molecular flexibility index (Phi) is 4.04. The molecule has 5 rings (SSSR count). The Morgan fingerprint density at radius 3 is 2.85 bits per heavy atom. The van der Waals surface area contributed by atoms with Crippen molar-refractivity contribution in [3.8, 4) is 0 Å². The van der Waals surface area contributed by atoms with E-state index in [1.807, 2.05) is 23.1 Å². The van der Waals surface area contributed by atoms with Crippen LogP contribution in [0.15, 0.2) is 30.5 Å². The molecule has 3 aliphatic rings. The van der Waals surface area contributed by atoms with E-state index >= 15 is 0 Å². The van der Waals surface area contributed by atoms with Crippen molar-refractivity contribution in [3.63, 3.8) is 0 Å². The van der Waals surface area contributed by atoms with E-state index in [9.17, 15) is 9.59 Å². The van der Waals surface area contributed by atoms with Gasteiger partial charge in [0.15, 0.2) is 5.65 Å². The van der Waals surface area contributed by atoms with Gasteiger partial charge in [0, 0.05) is 37.7 Å². The van der Waals surface area contributed by atoms with Gasteiger partial charge in [-0.15, -0.1) is 0 Å². The van der Waals surface area contributed by atoms with E-state index in [2.05, 4.69) is 9.97 Å². The molecule has 0 radical (unpaired) electrons. The summed E-state index contributed by atoms with van der Waals surface area (Å²) in [6.45, 7) is 2.20. The van der Waals surface area contributed by atoms with E-state index in [0.29, 0.717) is 24.4 Å². The zero-order valence-electron chi connectivity index (χ0n) is 15.1. The first kappa shape index (κ1) is 16.6. The summed E-state index contributed by atoms with van der Waals surface area (Å²) in [5, 5.41) is 0.891. The SMILES string of the molecule is O=C([C@@H]1C[C@@H]2OCC[C@@H]2N1C(=O)c1ccc2cccnc2n1)N1CCCC1. The molecule has 0 aliphatic carbocycles. The second-order valence-corrected chi connectivity index (χ2v) is 7.51. The largest absolute Gasteiger partial charge is 0.376 e. The van der Waals surface area contributed by atoms with E-state index in [-0.39, 0.29) is 24.0 Å². The molecule has 2 amide bonds. The third kappa shape index (κ3) is 2.77. The van der Waals surface area contributed by atoms with Crippen molar-refractivity contribution in [2.24, 2.45) is 0 Å². The first-order valence-corrected chi connectivity index (χ1v) is 9.67. The zero-order chi connectivity index (χ0) is 18.4. The lowest BCUT2D eigenvalue weighted by Crippen LogP contribution is -2.50. The zero-order valence-corrected chi connectivity index (χ0v) is 15.1. The Morgan fingerprint density at radius 2 is 2.00 bits per heavy atom. The summed E-state index contributed by atoms with van der Waals surface area (Å²) >= 11 is 0. The molecule has 2 aromatic heterocycles. The van der Waals surface area contributed by atoms with Crippen LogP contribution in [0.2, 0.25) is 0 Å². The van der Waals surface area contributed by atoms with Gasteiger partial charge >= 0.3 is 0 Å². The number of hydrogen-bond acceptors (Lipinski definition) is 5. The van der Waals surface area contributed by atoms with Crippen molar-refractivity contribution in [1.29, 1.82) is 0 Å². The molecule has 0 bridgehead atoms. The summed E-state index contributed by atoms with van der Waals surface area (Å²) in [7, 11) is 0. The summed E-state index contributed by atoms with van der Waals surface area (Å²) < 4.78 is 5.81. The number of ether oxygens (including phenoxy) is 1. The van der Waals surface area contributed by atoms with Gasteiger partial charge in [-0.05, 0) is 43.5 Å². The fraction of sp³-hybridized carbons (Fsp3) is 0.500. The minimum Gasteiger partial charge on any atom is -0.376 e. The Hall–Kier alpha value is -2.54. The van der Waals surface area contributed by atoms with E-state index < -0.39 is 6.04 Å². The second-order valence-electron chi connectivity index (χ2n) is 7.51. The van der Waals surface area contributed by atoms with Crippen LogP contribution in [-0.4, -0.2) is 69.5 Å². The molecule has 0 saturated carbocycles. The minimum absolute atomic E-state index is 0.0460. The van der Waals surface area contributed by atoms with Crippen molar-refractivity contribution in [2.45, 2.75) is 43.9 Å². The average Bonchev–Trinajstić information content (AvgIpc) is 3.43. The molecule has 3 fully saturated rings. The fourth-order valence-electron chi connectivity index (χ4n) is 4.61. The van der Waals surface area contributed by atoms with Crippen LogP contribution in [0.1, 0.15) is 36.2 Å². The van der Waals surface area contributed by atoms with Gasteiger partial charge in [0.2, 0.25) is 5.91 Å². The summed E-state index contributed by atoms with van der Waals surface area (Å²) in [6.07, 6.45) is 5.04. The van der Waals surface area contributed by atoms with Crippen LogP contribution in [0.3, 0.4) is 0 Å². The molecular weight excluding hydrogens is 344 g/mol. The van der Waals surface area contributed by atoms with Gasteiger partial charge in [-0.25, -0.2) is 9.97 Å². The van der Waals surface area contributed by atoms with Crippen LogP contribution >= 0.6 is 0 Å². The highest BCUT2D eigenvalue weighted by Gasteiger charge is 2.51. The number of hydrogen-bond donors (Lipinski definition) is 0. The molecule has 140 valence electrons. The summed E-state index contributed by atoms with van der Waals surface area (Å²) in [4.78, 5) is 38.8. The van der Waals surface area contributed by atoms with Gasteiger partial charge in [0.25, 0.3) is 5.91 Å². The van der Waals surface area contributed by atoms with Gasteiger partial charge in [-0.3, -0.25) is 9.59 Å². The first-order chi connectivity index (χ1) is 13.2. The van der Waals surface area contributed by atoms with Gasteiger partial charge in [-0.2, -0.15) is 0 Å². The molecule has 0 aromatic carbocycles. The lowest BCUT2D eigenvalue weighted by molar-refractivity contribution is -0.134. The van der Waals surface area contributed by atoms with E-state index in [1.165, 1.54) is 0 Å². The number of carbonyl (C=O) groups excluding carboxylic acids is 2. The van der Waals surface area contributed by atoms with E-state index in [1.54, 1.807) is 17.2 Å². The summed E-state index contributed by atoms with van der Waals surface area (Å²) in [5.74, 6) is -0.143. The third-order valence-electron chi connectivity index (χ3n) is 5.94. The fourth-order valence-corrected chi connectivity index (χ4v) is 4.61. The maximum absolute atomic E-state index is 13.4. The third-order valence-corrected chi connectivity index (χ3v) is 5.94.